The van der Waals surface area contributed by atoms with E-state index < -0.39 is 26.3 Å². The molecule has 1 aliphatic heterocycles. The fourth-order valence-corrected chi connectivity index (χ4v) is 11.3. The lowest BCUT2D eigenvalue weighted by Gasteiger charge is -2.39. The van der Waals surface area contributed by atoms with Gasteiger partial charge in [-0.3, -0.25) is 0 Å². The fourth-order valence-electron chi connectivity index (χ4n) is 8.51. The van der Waals surface area contributed by atoms with E-state index in [1.165, 1.54) is 10.3 Å². The number of carbonyl (C=O) groups is 1. The molecule has 0 bridgehead atoms. The first-order valence-corrected chi connectivity index (χ1v) is 25.3. The Bertz CT molecular complexity index is 2630. The van der Waals surface area contributed by atoms with Crippen molar-refractivity contribution in [3.05, 3.63) is 167 Å². The number of aryl methyl sites for hydroxylation is 1. The van der Waals surface area contributed by atoms with Gasteiger partial charge in [0.15, 0.2) is 6.20 Å². The van der Waals surface area contributed by atoms with Crippen LogP contribution in [0.1, 0.15) is 62.8 Å². The number of fused-ring (bicyclic) bond motifs is 2. The van der Waals surface area contributed by atoms with Crippen LogP contribution in [0, 0.1) is 11.3 Å². The number of nitrogens with zero attached hydrogens (tertiary/aromatic N) is 4. The number of carbonyl (C=O) groups excluding carboxylic acids is 1. The third-order valence-electron chi connectivity index (χ3n) is 11.8. The normalized spacial score (nSPS) is 14.0. The molecule has 6 aromatic rings. The number of anilines is 1. The molecule has 0 aliphatic carbocycles. The first-order chi connectivity index (χ1) is 33.6. The van der Waals surface area contributed by atoms with Gasteiger partial charge in [-0.15, -0.1) is 0 Å². The highest BCUT2D eigenvalue weighted by molar-refractivity contribution is 8.03. The second-order valence-electron chi connectivity index (χ2n) is 17.1. The van der Waals surface area contributed by atoms with Gasteiger partial charge in [0.2, 0.25) is 5.52 Å². The maximum absolute atomic E-state index is 13.7. The molecular weight excluding hydrogens is 906 g/mol. The monoisotopic (exact) mass is 968 g/mol. The van der Waals surface area contributed by atoms with Gasteiger partial charge in [-0.1, -0.05) is 90.6 Å². The number of hydrogen-bond acceptors (Lipinski definition) is 11. The van der Waals surface area contributed by atoms with Crippen molar-refractivity contribution in [2.24, 2.45) is 7.05 Å². The van der Waals surface area contributed by atoms with E-state index in [2.05, 4.69) is 127 Å². The van der Waals surface area contributed by atoms with Crippen LogP contribution in [0.3, 0.4) is 0 Å². The Morgan fingerprint density at radius 3 is 2.10 bits per heavy atom. The molecule has 0 saturated carbocycles. The van der Waals surface area contributed by atoms with E-state index in [0.29, 0.717) is 24.5 Å². The Balaban J connectivity index is 1.12. The van der Waals surface area contributed by atoms with Crippen molar-refractivity contribution in [3.8, 4) is 17.6 Å². The van der Waals surface area contributed by atoms with Crippen LogP contribution < -0.4 is 24.3 Å². The molecule has 69 heavy (non-hydrogen) atoms. The van der Waals surface area contributed by atoms with Crippen molar-refractivity contribution in [3.63, 3.8) is 0 Å². The largest absolute Gasteiger partial charge is 0.497 e. The van der Waals surface area contributed by atoms with Crippen molar-refractivity contribution in [1.82, 2.24) is 9.99 Å². The SMILES string of the molecule is COc1ccc(C(OC[C@H](CNC(=O)OCCCN2/C(=C/c3cc[n+](C)c4ccccc34)Sc3ccccc32)OP(OCCC#N)N(C(C)C)C(C)C)(c2ccccc2)c2ccc(OC)cc2)cc1. The molecule has 0 radical (unpaired) electrons. The molecule has 1 aliphatic rings. The Kier molecular flexibility index (Phi) is 18.1. The van der Waals surface area contributed by atoms with Crippen LogP contribution in [0.4, 0.5) is 10.5 Å². The van der Waals surface area contributed by atoms with Crippen LogP contribution in [0.15, 0.2) is 150 Å². The summed E-state index contributed by atoms with van der Waals surface area (Å²) in [6, 6.07) is 46.9. The Morgan fingerprint density at radius 1 is 0.826 bits per heavy atom. The summed E-state index contributed by atoms with van der Waals surface area (Å²) in [5.74, 6) is 1.41. The molecule has 2 atom stereocenters. The van der Waals surface area contributed by atoms with E-state index in [1.807, 2.05) is 78.9 Å². The lowest BCUT2D eigenvalue weighted by atomic mass is 9.80. The molecule has 7 rings (SSSR count). The summed E-state index contributed by atoms with van der Waals surface area (Å²) in [6.45, 7) is 9.44. The number of pyridine rings is 1. The van der Waals surface area contributed by atoms with Crippen LogP contribution in [-0.4, -0.2) is 76.1 Å². The minimum Gasteiger partial charge on any atom is -0.497 e. The Hall–Kier alpha value is -5.97. The minimum atomic E-state index is -1.72. The Labute approximate surface area is 412 Å². The van der Waals surface area contributed by atoms with Gasteiger partial charge in [-0.2, -0.15) is 5.26 Å². The van der Waals surface area contributed by atoms with Crippen molar-refractivity contribution < 1.29 is 37.4 Å². The highest BCUT2D eigenvalue weighted by atomic mass is 32.2. The lowest BCUT2D eigenvalue weighted by Crippen LogP contribution is -2.42. The highest BCUT2D eigenvalue weighted by Crippen LogP contribution is 2.49. The molecule has 2 heterocycles. The van der Waals surface area contributed by atoms with Crippen LogP contribution in [-0.2, 0) is 31.2 Å². The molecule has 0 spiro atoms. The molecule has 1 amide bonds. The van der Waals surface area contributed by atoms with Crippen molar-refractivity contribution >= 4 is 49.0 Å². The van der Waals surface area contributed by atoms with Crippen molar-refractivity contribution in [1.29, 1.82) is 5.26 Å². The zero-order valence-electron chi connectivity index (χ0n) is 40.5. The van der Waals surface area contributed by atoms with E-state index in [1.54, 1.807) is 26.0 Å². The topological polar surface area (TPSA) is 119 Å². The second-order valence-corrected chi connectivity index (χ2v) is 19.5. The number of ether oxygens (including phenoxy) is 4. The van der Waals surface area contributed by atoms with Gasteiger partial charge in [0, 0.05) is 42.2 Å². The Morgan fingerprint density at radius 2 is 1.45 bits per heavy atom. The zero-order valence-corrected chi connectivity index (χ0v) is 42.3. The summed E-state index contributed by atoms with van der Waals surface area (Å²) in [4.78, 5) is 17.2. The summed E-state index contributed by atoms with van der Waals surface area (Å²) < 4.78 is 41.9. The number of nitrogens with one attached hydrogen (secondary N) is 1. The number of amides is 1. The van der Waals surface area contributed by atoms with Crippen LogP contribution in [0.2, 0.25) is 0 Å². The molecule has 0 saturated heterocycles. The summed E-state index contributed by atoms with van der Waals surface area (Å²) in [7, 11) is 3.62. The van der Waals surface area contributed by atoms with Crippen molar-refractivity contribution in [2.75, 3.05) is 52.0 Å². The van der Waals surface area contributed by atoms with Gasteiger partial charge in [-0.05, 0) is 105 Å². The van der Waals surface area contributed by atoms with Gasteiger partial charge in [0.1, 0.15) is 30.3 Å². The van der Waals surface area contributed by atoms with Gasteiger partial charge in [-0.25, -0.2) is 14.0 Å². The van der Waals surface area contributed by atoms with Crippen LogP contribution >= 0.6 is 20.3 Å². The number of nitriles is 1. The summed E-state index contributed by atoms with van der Waals surface area (Å²) in [6.07, 6.45) is 3.83. The molecular formula is C55H63N5O7PS+. The molecule has 0 fully saturated rings. The van der Waals surface area contributed by atoms with E-state index >= 15 is 0 Å². The van der Waals surface area contributed by atoms with E-state index in [-0.39, 0.29) is 44.9 Å². The number of para-hydroxylation sites is 2. The number of rotatable bonds is 23. The van der Waals surface area contributed by atoms with Gasteiger partial charge in [0.05, 0.1) is 62.6 Å². The summed E-state index contributed by atoms with van der Waals surface area (Å²) >= 11 is 1.74. The third-order valence-corrected chi connectivity index (χ3v) is 15.1. The highest BCUT2D eigenvalue weighted by Gasteiger charge is 2.40. The zero-order chi connectivity index (χ0) is 48.8. The smallest absolute Gasteiger partial charge is 0.407 e. The average molecular weight is 969 g/mol. The fraction of sp³-hybridized carbons (Fsp3) is 0.327. The first-order valence-electron chi connectivity index (χ1n) is 23.3. The number of aromatic nitrogens is 1. The summed E-state index contributed by atoms with van der Waals surface area (Å²) in [5.41, 5.74) is 4.87. The number of alkyl carbamates (subject to hydrolysis) is 1. The number of methoxy groups -OCH3 is 2. The molecule has 5 aromatic carbocycles. The number of hydrogen-bond donors (Lipinski definition) is 1. The molecule has 12 nitrogen and oxygen atoms in total. The predicted molar refractivity (Wildman–Crippen MR) is 275 cm³/mol. The number of thioether (sulfide) groups is 1. The van der Waals surface area contributed by atoms with Crippen LogP contribution in [0.5, 0.6) is 11.5 Å². The third kappa shape index (κ3) is 12.4. The van der Waals surface area contributed by atoms with Crippen LogP contribution in [0.25, 0.3) is 17.0 Å². The molecule has 1 unspecified atom stereocenters. The minimum absolute atomic E-state index is 0.0216. The van der Waals surface area contributed by atoms with E-state index in [9.17, 15) is 10.1 Å². The first kappa shape index (κ1) is 50.9. The molecule has 1 aromatic heterocycles. The maximum Gasteiger partial charge on any atom is 0.407 e. The molecule has 14 heteroatoms. The van der Waals surface area contributed by atoms with E-state index in [0.717, 1.165) is 38.5 Å². The second kappa shape index (κ2) is 24.5. The maximum atomic E-state index is 13.7. The lowest BCUT2D eigenvalue weighted by molar-refractivity contribution is -0.644. The van der Waals surface area contributed by atoms with Gasteiger partial charge >= 0.3 is 6.09 Å². The van der Waals surface area contributed by atoms with Gasteiger partial charge in [0.25, 0.3) is 8.53 Å². The standard InChI is InChI=1S/C55H62N5O7PS/c1-40(2)60(41(3)4)68(66-36-15-32-56)67-48(39-65-55(43-17-9-8-10-18-43,44-23-27-46(62-6)28-24-44)45-25-29-47(63-7)30-26-45)38-57-54(61)64-35-16-33-59-51-21-13-14-22-52(51)69-53(59)37-42-31-34-58(5)50-20-12-11-19-49(42)50/h8-14,17-31,34,37,40-41,48H,15-16,33,35-36,38-39H2,1-7H3/p+1/t48-,68?/m0/s1. The summed E-state index contributed by atoms with van der Waals surface area (Å²) in [5, 5.41) is 14.7. The number of benzene rings is 5. The molecule has 360 valence electrons. The molecule has 1 N–H and O–H groups in total. The predicted octanol–water partition coefficient (Wildman–Crippen LogP) is 11.4. The van der Waals surface area contributed by atoms with Crippen molar-refractivity contribution in [2.45, 2.75) is 69.2 Å². The van der Waals surface area contributed by atoms with E-state index in [4.69, 9.17) is 28.0 Å². The quantitative estimate of drug-likeness (QED) is 0.0286. The average Bonchev–Trinajstić information content (AvgIpc) is 3.72. The van der Waals surface area contributed by atoms with Gasteiger partial charge < -0.3 is 38.2 Å².